The van der Waals surface area contributed by atoms with Crippen LogP contribution in [0, 0.1) is 0 Å². The summed E-state index contributed by atoms with van der Waals surface area (Å²) in [7, 11) is 0. The Hall–Kier alpha value is -0.200. The highest BCUT2D eigenvalue weighted by atomic mass is 17.0. The van der Waals surface area contributed by atoms with E-state index in [0.29, 0.717) is 39.3 Å². The van der Waals surface area contributed by atoms with Crippen molar-refractivity contribution in [2.75, 3.05) is 26.4 Å². The third kappa shape index (κ3) is 5.75. The van der Waals surface area contributed by atoms with Crippen molar-refractivity contribution in [1.29, 1.82) is 0 Å². The number of rotatable bonds is 12. The van der Waals surface area contributed by atoms with E-state index in [1.807, 2.05) is 41.5 Å². The molecular weight excluding hydrogens is 248 g/mol. The van der Waals surface area contributed by atoms with Crippen molar-refractivity contribution in [3.63, 3.8) is 0 Å². The zero-order valence-electron chi connectivity index (χ0n) is 13.3. The third-order valence-electron chi connectivity index (χ3n) is 2.63. The van der Waals surface area contributed by atoms with E-state index in [0.717, 1.165) is 0 Å². The maximum atomic E-state index is 6.00. The monoisotopic (exact) mass is 278 g/mol. The summed E-state index contributed by atoms with van der Waals surface area (Å²) in [6, 6.07) is 0. The lowest BCUT2D eigenvalue weighted by molar-refractivity contribution is -0.502. The molecule has 0 aliphatic rings. The molecule has 0 saturated heterocycles. The van der Waals surface area contributed by atoms with Gasteiger partial charge in [-0.1, -0.05) is 13.8 Å². The zero-order chi connectivity index (χ0) is 14.8. The minimum Gasteiger partial charge on any atom is -0.328 e. The molecule has 5 heteroatoms. The molecule has 116 valence electrons. The van der Waals surface area contributed by atoms with Gasteiger partial charge in [-0.3, -0.25) is 4.74 Å². The van der Waals surface area contributed by atoms with Gasteiger partial charge in [0.2, 0.25) is 0 Å². The fraction of sp³-hybridized carbons (Fsp3) is 1.00. The maximum absolute atomic E-state index is 6.00. The molecule has 0 heterocycles. The van der Waals surface area contributed by atoms with Crippen LogP contribution in [0.5, 0.6) is 0 Å². The highest BCUT2D eigenvalue weighted by Crippen LogP contribution is 2.31. The highest BCUT2D eigenvalue weighted by Gasteiger charge is 2.43. The molecule has 0 aliphatic heterocycles. The molecule has 0 aromatic rings. The van der Waals surface area contributed by atoms with Gasteiger partial charge in [0.05, 0.1) is 0 Å². The summed E-state index contributed by atoms with van der Waals surface area (Å²) in [6.45, 7) is 13.5. The molecule has 0 aromatic heterocycles. The molecule has 0 N–H and O–H groups in total. The van der Waals surface area contributed by atoms with E-state index in [1.54, 1.807) is 0 Å². The van der Waals surface area contributed by atoms with Crippen molar-refractivity contribution in [2.24, 2.45) is 0 Å². The van der Waals surface area contributed by atoms with Crippen molar-refractivity contribution < 1.29 is 23.7 Å². The first-order valence-corrected chi connectivity index (χ1v) is 7.33. The third-order valence-corrected chi connectivity index (χ3v) is 2.63. The van der Waals surface area contributed by atoms with Crippen molar-refractivity contribution in [3.05, 3.63) is 0 Å². The second kappa shape index (κ2) is 9.66. The van der Waals surface area contributed by atoms with Crippen LogP contribution in [0.2, 0.25) is 0 Å². The van der Waals surface area contributed by atoms with Crippen LogP contribution in [0.3, 0.4) is 0 Å². The highest BCUT2D eigenvalue weighted by molar-refractivity contribution is 4.63. The van der Waals surface area contributed by atoms with Gasteiger partial charge in [-0.15, -0.1) is 0 Å². The zero-order valence-corrected chi connectivity index (χ0v) is 13.3. The van der Waals surface area contributed by atoms with Crippen molar-refractivity contribution in [1.82, 2.24) is 0 Å². The maximum Gasteiger partial charge on any atom is 0.286 e. The summed E-state index contributed by atoms with van der Waals surface area (Å²) in [5.74, 6) is -2.24. The van der Waals surface area contributed by atoms with Crippen LogP contribution in [-0.2, 0) is 23.7 Å². The van der Waals surface area contributed by atoms with E-state index in [-0.39, 0.29) is 0 Å². The lowest BCUT2D eigenvalue weighted by Crippen LogP contribution is -2.51. The minimum atomic E-state index is -1.12. The Morgan fingerprint density at radius 3 is 0.947 bits per heavy atom. The van der Waals surface area contributed by atoms with Crippen LogP contribution in [0.25, 0.3) is 0 Å². The Morgan fingerprint density at radius 2 is 0.789 bits per heavy atom. The molecule has 0 saturated carbocycles. The standard InChI is InChI=1S/C14H30O5/c1-7-13(15-9-3,16-10-4)19-14(8-2,17-11-5)18-12-6/h7-12H2,1-6H3. The predicted octanol–water partition coefficient (Wildman–Crippen LogP) is 3.28. The second-order valence-electron chi connectivity index (χ2n) is 3.91. The van der Waals surface area contributed by atoms with Gasteiger partial charge in [0, 0.05) is 39.3 Å². The number of hydrogen-bond donors (Lipinski definition) is 0. The van der Waals surface area contributed by atoms with E-state index in [1.165, 1.54) is 0 Å². The Morgan fingerprint density at radius 1 is 0.526 bits per heavy atom. The van der Waals surface area contributed by atoms with Crippen LogP contribution in [0.15, 0.2) is 0 Å². The van der Waals surface area contributed by atoms with Gasteiger partial charge in [0.1, 0.15) is 0 Å². The Labute approximate surface area is 117 Å². The van der Waals surface area contributed by atoms with E-state index in [2.05, 4.69) is 0 Å². The summed E-state index contributed by atoms with van der Waals surface area (Å²) in [4.78, 5) is 0. The topological polar surface area (TPSA) is 46.2 Å². The molecule has 0 amide bonds. The summed E-state index contributed by atoms with van der Waals surface area (Å²) < 4.78 is 28.7. The van der Waals surface area contributed by atoms with Gasteiger partial charge in [0.25, 0.3) is 11.9 Å². The number of hydrogen-bond acceptors (Lipinski definition) is 5. The lowest BCUT2D eigenvalue weighted by atomic mass is 10.3. The first kappa shape index (κ1) is 18.8. The largest absolute Gasteiger partial charge is 0.328 e. The van der Waals surface area contributed by atoms with Crippen LogP contribution in [0.1, 0.15) is 54.4 Å². The van der Waals surface area contributed by atoms with E-state index < -0.39 is 11.9 Å². The Kier molecular flexibility index (Phi) is 9.56. The summed E-state index contributed by atoms with van der Waals surface area (Å²) >= 11 is 0. The molecule has 0 bridgehead atoms. The average Bonchev–Trinajstić information content (AvgIpc) is 2.39. The first-order valence-electron chi connectivity index (χ1n) is 7.33. The first-order chi connectivity index (χ1) is 9.07. The second-order valence-corrected chi connectivity index (χ2v) is 3.91. The molecule has 0 aromatic carbocycles. The molecule has 5 nitrogen and oxygen atoms in total. The van der Waals surface area contributed by atoms with Crippen molar-refractivity contribution in [3.8, 4) is 0 Å². The summed E-state index contributed by atoms with van der Waals surface area (Å²) in [5.41, 5.74) is 0. The smallest absolute Gasteiger partial charge is 0.286 e. The van der Waals surface area contributed by atoms with Gasteiger partial charge in [-0.05, 0) is 27.7 Å². The van der Waals surface area contributed by atoms with Crippen LogP contribution < -0.4 is 0 Å². The van der Waals surface area contributed by atoms with Crippen LogP contribution in [0.4, 0.5) is 0 Å². The molecule has 0 atom stereocenters. The lowest BCUT2D eigenvalue weighted by Gasteiger charge is -2.41. The molecule has 0 unspecified atom stereocenters. The van der Waals surface area contributed by atoms with Crippen LogP contribution >= 0.6 is 0 Å². The molecule has 19 heavy (non-hydrogen) atoms. The molecule has 0 spiro atoms. The van der Waals surface area contributed by atoms with Gasteiger partial charge >= 0.3 is 0 Å². The van der Waals surface area contributed by atoms with E-state index >= 15 is 0 Å². The van der Waals surface area contributed by atoms with E-state index in [4.69, 9.17) is 23.7 Å². The molecule has 0 aliphatic carbocycles. The minimum absolute atomic E-state index is 0.492. The summed E-state index contributed by atoms with van der Waals surface area (Å²) in [6.07, 6.45) is 1.10. The Balaban J connectivity index is 5.08. The predicted molar refractivity (Wildman–Crippen MR) is 73.6 cm³/mol. The van der Waals surface area contributed by atoms with Crippen LogP contribution in [-0.4, -0.2) is 38.4 Å². The normalized spacial score (nSPS) is 12.9. The fourth-order valence-corrected chi connectivity index (χ4v) is 1.87. The average molecular weight is 278 g/mol. The van der Waals surface area contributed by atoms with Crippen molar-refractivity contribution >= 4 is 0 Å². The fourth-order valence-electron chi connectivity index (χ4n) is 1.87. The molecule has 0 rings (SSSR count). The van der Waals surface area contributed by atoms with Crippen molar-refractivity contribution in [2.45, 2.75) is 66.3 Å². The number of ether oxygens (including phenoxy) is 5. The quantitative estimate of drug-likeness (QED) is 0.513. The van der Waals surface area contributed by atoms with Gasteiger partial charge in [0.15, 0.2) is 0 Å². The Bertz CT molecular complexity index is 186. The van der Waals surface area contributed by atoms with Gasteiger partial charge < -0.3 is 18.9 Å². The van der Waals surface area contributed by atoms with Gasteiger partial charge in [-0.25, -0.2) is 0 Å². The van der Waals surface area contributed by atoms with E-state index in [9.17, 15) is 0 Å². The summed E-state index contributed by atoms with van der Waals surface area (Å²) in [5, 5.41) is 0. The van der Waals surface area contributed by atoms with Gasteiger partial charge in [-0.2, -0.15) is 0 Å². The molecule has 0 radical (unpaired) electrons. The molecule has 0 fully saturated rings. The molecular formula is C14H30O5. The SMILES string of the molecule is CCOC(CC)(OCC)OC(CC)(OCC)OCC.